The van der Waals surface area contributed by atoms with Crippen LogP contribution >= 0.6 is 11.3 Å². The molecule has 1 aliphatic rings. The Bertz CT molecular complexity index is 418. The number of anilines is 1. The molecule has 5 nitrogen and oxygen atoms in total. The first kappa shape index (κ1) is 15.7. The van der Waals surface area contributed by atoms with Gasteiger partial charge < -0.3 is 19.7 Å². The van der Waals surface area contributed by atoms with E-state index in [1.165, 1.54) is 4.88 Å². The normalized spacial score (nSPS) is 21.3. The monoisotopic (exact) mass is 299 g/mol. The molecule has 0 bridgehead atoms. The van der Waals surface area contributed by atoms with Crippen LogP contribution in [0.4, 0.5) is 5.13 Å². The van der Waals surface area contributed by atoms with Crippen LogP contribution in [0.5, 0.6) is 0 Å². The molecule has 1 saturated heterocycles. The fraction of sp³-hybridized carbons (Fsp3) is 0.786. The number of nitrogens with zero attached hydrogens (tertiary/aromatic N) is 2. The van der Waals surface area contributed by atoms with E-state index in [4.69, 9.17) is 9.47 Å². The molecule has 0 aliphatic carbocycles. The molecule has 1 aliphatic heterocycles. The van der Waals surface area contributed by atoms with Crippen LogP contribution in [0.25, 0.3) is 0 Å². The molecule has 0 radical (unpaired) electrons. The highest BCUT2D eigenvalue weighted by molar-refractivity contribution is 7.15. The quantitative estimate of drug-likeness (QED) is 0.836. The summed E-state index contributed by atoms with van der Waals surface area (Å²) in [6, 6.07) is 0. The molecule has 1 N–H and O–H groups in total. The average Bonchev–Trinajstić information content (AvgIpc) is 2.98. The van der Waals surface area contributed by atoms with Crippen LogP contribution in [0.15, 0.2) is 6.20 Å². The Hall–Kier alpha value is -0.690. The summed E-state index contributed by atoms with van der Waals surface area (Å²) in [5.41, 5.74) is 0. The lowest BCUT2D eigenvalue weighted by atomic mass is 10.3. The summed E-state index contributed by atoms with van der Waals surface area (Å²) in [5.74, 6) is -0.438. The van der Waals surface area contributed by atoms with Crippen molar-refractivity contribution in [1.82, 2.24) is 10.3 Å². The minimum Gasteiger partial charge on any atom is -0.349 e. The van der Waals surface area contributed by atoms with E-state index in [1.807, 2.05) is 20.0 Å². The van der Waals surface area contributed by atoms with E-state index in [0.29, 0.717) is 6.61 Å². The zero-order chi connectivity index (χ0) is 14.6. The van der Waals surface area contributed by atoms with Crippen LogP contribution in [-0.4, -0.2) is 43.1 Å². The van der Waals surface area contributed by atoms with Gasteiger partial charge in [0.2, 0.25) is 0 Å². The van der Waals surface area contributed by atoms with Crippen molar-refractivity contribution in [1.29, 1.82) is 0 Å². The Morgan fingerprint density at radius 3 is 2.80 bits per heavy atom. The third kappa shape index (κ3) is 4.15. The number of aromatic nitrogens is 1. The minimum atomic E-state index is -0.438. The summed E-state index contributed by atoms with van der Waals surface area (Å²) in [4.78, 5) is 8.00. The molecule has 0 saturated carbocycles. The smallest absolute Gasteiger partial charge is 0.185 e. The maximum atomic E-state index is 5.76. The molecule has 0 spiro atoms. The zero-order valence-corrected chi connectivity index (χ0v) is 13.6. The highest BCUT2D eigenvalue weighted by Gasteiger charge is 2.32. The van der Waals surface area contributed by atoms with Gasteiger partial charge in [0.05, 0.1) is 12.7 Å². The van der Waals surface area contributed by atoms with Gasteiger partial charge in [-0.2, -0.15) is 0 Å². The summed E-state index contributed by atoms with van der Waals surface area (Å²) < 4.78 is 11.3. The molecule has 1 unspecified atom stereocenters. The van der Waals surface area contributed by atoms with Gasteiger partial charge in [-0.15, -0.1) is 11.3 Å². The number of hydrogen-bond acceptors (Lipinski definition) is 6. The molecule has 20 heavy (non-hydrogen) atoms. The van der Waals surface area contributed by atoms with Crippen molar-refractivity contribution in [3.63, 3.8) is 0 Å². The number of rotatable bonds is 7. The van der Waals surface area contributed by atoms with Crippen LogP contribution in [0.3, 0.4) is 0 Å². The molecule has 6 heteroatoms. The van der Waals surface area contributed by atoms with E-state index >= 15 is 0 Å². The van der Waals surface area contributed by atoms with E-state index in [2.05, 4.69) is 29.0 Å². The van der Waals surface area contributed by atoms with Crippen LogP contribution in [0, 0.1) is 0 Å². The van der Waals surface area contributed by atoms with Crippen LogP contribution in [0.1, 0.15) is 32.6 Å². The van der Waals surface area contributed by atoms with Gasteiger partial charge in [-0.3, -0.25) is 0 Å². The van der Waals surface area contributed by atoms with Crippen LogP contribution < -0.4 is 10.2 Å². The van der Waals surface area contributed by atoms with Crippen molar-refractivity contribution in [2.75, 3.05) is 31.1 Å². The molecule has 0 amide bonds. The predicted octanol–water partition coefficient (Wildman–Crippen LogP) is 2.23. The van der Waals surface area contributed by atoms with E-state index < -0.39 is 5.79 Å². The Labute approximate surface area is 125 Å². The van der Waals surface area contributed by atoms with E-state index in [-0.39, 0.29) is 6.10 Å². The number of nitrogens with one attached hydrogen (secondary N) is 1. The van der Waals surface area contributed by atoms with E-state index in [0.717, 1.165) is 31.3 Å². The van der Waals surface area contributed by atoms with Gasteiger partial charge >= 0.3 is 0 Å². The van der Waals surface area contributed by atoms with Gasteiger partial charge in [-0.25, -0.2) is 4.98 Å². The average molecular weight is 299 g/mol. The van der Waals surface area contributed by atoms with Gasteiger partial charge in [0.15, 0.2) is 10.9 Å². The van der Waals surface area contributed by atoms with Crippen LogP contribution in [0.2, 0.25) is 0 Å². The lowest BCUT2D eigenvalue weighted by Crippen LogP contribution is -2.30. The van der Waals surface area contributed by atoms with Crippen molar-refractivity contribution in [2.45, 2.75) is 46.1 Å². The van der Waals surface area contributed by atoms with Gasteiger partial charge in [0.1, 0.15) is 0 Å². The second kappa shape index (κ2) is 6.85. The van der Waals surface area contributed by atoms with Gasteiger partial charge in [0.25, 0.3) is 0 Å². The second-order valence-corrected chi connectivity index (χ2v) is 6.46. The van der Waals surface area contributed by atoms with Crippen molar-refractivity contribution in [2.24, 2.45) is 0 Å². The maximum Gasteiger partial charge on any atom is 0.185 e. The number of hydrogen-bond donors (Lipinski definition) is 1. The first-order valence-corrected chi connectivity index (χ1v) is 8.08. The lowest BCUT2D eigenvalue weighted by Gasteiger charge is -2.17. The molecular formula is C14H25N3O2S. The zero-order valence-electron chi connectivity index (χ0n) is 12.8. The summed E-state index contributed by atoms with van der Waals surface area (Å²) in [7, 11) is 0. The molecule has 2 heterocycles. The molecular weight excluding hydrogens is 274 g/mol. The van der Waals surface area contributed by atoms with Crippen molar-refractivity contribution in [3.05, 3.63) is 11.1 Å². The molecule has 1 aromatic heterocycles. The van der Waals surface area contributed by atoms with E-state index in [9.17, 15) is 0 Å². The molecule has 1 fully saturated rings. The Morgan fingerprint density at radius 1 is 1.45 bits per heavy atom. The maximum absolute atomic E-state index is 5.76. The van der Waals surface area contributed by atoms with Crippen molar-refractivity contribution < 1.29 is 9.47 Å². The number of thiazole rings is 1. The Balaban J connectivity index is 1.75. The Kier molecular flexibility index (Phi) is 5.37. The lowest BCUT2D eigenvalue weighted by molar-refractivity contribution is -0.137. The van der Waals surface area contributed by atoms with Gasteiger partial charge in [-0.05, 0) is 27.7 Å². The van der Waals surface area contributed by atoms with Crippen molar-refractivity contribution >= 4 is 16.5 Å². The van der Waals surface area contributed by atoms with Crippen LogP contribution in [-0.2, 0) is 16.0 Å². The molecule has 0 aromatic carbocycles. The first-order chi connectivity index (χ1) is 9.54. The molecule has 2 rings (SSSR count). The van der Waals surface area contributed by atoms with Gasteiger partial charge in [-0.1, -0.05) is 0 Å². The highest BCUT2D eigenvalue weighted by atomic mass is 32.1. The molecule has 114 valence electrons. The van der Waals surface area contributed by atoms with E-state index in [1.54, 1.807) is 11.3 Å². The summed E-state index contributed by atoms with van der Waals surface area (Å²) in [5, 5.41) is 4.52. The first-order valence-electron chi connectivity index (χ1n) is 7.26. The molecule has 1 aromatic rings. The topological polar surface area (TPSA) is 46.6 Å². The minimum absolute atomic E-state index is 0.139. The summed E-state index contributed by atoms with van der Waals surface area (Å²) >= 11 is 1.75. The fourth-order valence-electron chi connectivity index (χ4n) is 2.24. The highest BCUT2D eigenvalue weighted by Crippen LogP contribution is 2.23. The SMILES string of the molecule is CCN(CC)c1ncc(CNCC2COC(C)(C)O2)s1. The third-order valence-electron chi connectivity index (χ3n) is 3.31. The fourth-order valence-corrected chi connectivity index (χ4v) is 3.25. The number of ether oxygens (including phenoxy) is 2. The molecule has 1 atom stereocenters. The summed E-state index contributed by atoms with van der Waals surface area (Å²) in [6.45, 7) is 12.5. The largest absolute Gasteiger partial charge is 0.349 e. The second-order valence-electron chi connectivity index (χ2n) is 5.36. The summed E-state index contributed by atoms with van der Waals surface area (Å²) in [6.07, 6.45) is 2.10. The standard InChI is InChI=1S/C14H25N3O2S/c1-5-17(6-2)13-16-9-12(20-13)8-15-7-11-10-18-14(3,4)19-11/h9,11,15H,5-8,10H2,1-4H3. The third-order valence-corrected chi connectivity index (χ3v) is 4.37. The van der Waals surface area contributed by atoms with Crippen molar-refractivity contribution in [3.8, 4) is 0 Å². The van der Waals surface area contributed by atoms with Gasteiger partial charge in [0, 0.05) is 37.3 Å². The Morgan fingerprint density at radius 2 is 2.20 bits per heavy atom. The predicted molar refractivity (Wildman–Crippen MR) is 82.3 cm³/mol.